The summed E-state index contributed by atoms with van der Waals surface area (Å²) < 4.78 is 1.22. The van der Waals surface area contributed by atoms with E-state index in [1.165, 1.54) is 27.0 Å². The number of fused-ring (bicyclic) bond motifs is 1. The molecule has 0 nitrogen and oxygen atoms in total. The van der Waals surface area contributed by atoms with E-state index in [0.29, 0.717) is 5.46 Å². The Morgan fingerprint density at radius 2 is 1.07 bits per heavy atom. The zero-order valence-electron chi connectivity index (χ0n) is 25.3. The molecule has 1 heterocycles. The van der Waals surface area contributed by atoms with Gasteiger partial charge in [0, 0.05) is 0 Å². The second kappa shape index (κ2) is 11.9. The van der Waals surface area contributed by atoms with E-state index in [1.54, 1.807) is 11.3 Å². The number of rotatable bonds is 4. The van der Waals surface area contributed by atoms with Crippen molar-refractivity contribution in [2.45, 2.75) is 93.7 Å². The number of hydrogen-bond donors (Lipinski definition) is 5. The molecule has 0 fully saturated rings. The van der Waals surface area contributed by atoms with E-state index in [1.807, 2.05) is 6.92 Å². The van der Waals surface area contributed by atoms with Crippen LogP contribution in [0.5, 0.6) is 0 Å². The molecule has 0 N–H and O–H groups in total. The fourth-order valence-corrected chi connectivity index (χ4v) is 9.21. The van der Waals surface area contributed by atoms with Crippen molar-refractivity contribution in [2.24, 2.45) is 0 Å². The molecule has 0 spiro atoms. The Labute approximate surface area is 279 Å². The van der Waals surface area contributed by atoms with Crippen LogP contribution >= 0.6 is 74.5 Å². The summed E-state index contributed by atoms with van der Waals surface area (Å²) in [5, 5.41) is 1.13. The van der Waals surface area contributed by atoms with E-state index in [9.17, 15) is 0 Å². The predicted molar refractivity (Wildman–Crippen MR) is 202 cm³/mol. The molecule has 8 heteroatoms. The van der Waals surface area contributed by atoms with E-state index in [-0.39, 0.29) is 0 Å². The summed E-state index contributed by atoms with van der Waals surface area (Å²) in [5.41, 5.74) is 15.5. The number of thiol groups is 5. The van der Waals surface area contributed by atoms with Gasteiger partial charge in [0.05, 0.1) is 0 Å². The van der Waals surface area contributed by atoms with Gasteiger partial charge in [-0.05, 0) is 19.4 Å². The van der Waals surface area contributed by atoms with Crippen LogP contribution in [-0.4, -0.2) is 20.8 Å². The number of aryl methyl sites for hydroxylation is 1. The van der Waals surface area contributed by atoms with Crippen LogP contribution in [0.2, 0.25) is 0 Å². The van der Waals surface area contributed by atoms with E-state index in [2.05, 4.69) is 62.3 Å². The first-order valence-electron chi connectivity index (χ1n) is 13.4. The Kier molecular flexibility index (Phi) is 9.58. The van der Waals surface area contributed by atoms with Gasteiger partial charge in [-0.2, -0.15) is 0 Å². The number of hydrogen-bond acceptors (Lipinski definition) is 6. The van der Waals surface area contributed by atoms with Crippen molar-refractivity contribution >= 4 is 122 Å². The van der Waals surface area contributed by atoms with Gasteiger partial charge in [-0.3, -0.25) is 0 Å². The van der Waals surface area contributed by atoms with E-state index in [0.717, 1.165) is 90.3 Å². The Morgan fingerprint density at radius 3 is 1.63 bits per heavy atom. The van der Waals surface area contributed by atoms with Crippen molar-refractivity contribution in [1.82, 2.24) is 0 Å². The molecule has 41 heavy (non-hydrogen) atoms. The van der Waals surface area contributed by atoms with E-state index >= 15 is 0 Å². The van der Waals surface area contributed by atoms with Crippen LogP contribution in [0.15, 0.2) is 24.5 Å². The van der Waals surface area contributed by atoms with Crippen LogP contribution in [-0.2, 0) is 0 Å². The zero-order valence-corrected chi connectivity index (χ0v) is 30.6. The van der Waals surface area contributed by atoms with Crippen molar-refractivity contribution in [3.63, 3.8) is 0 Å². The summed E-state index contributed by atoms with van der Waals surface area (Å²) in [6, 6.07) is 0. The second-order valence-corrected chi connectivity index (χ2v) is 14.4. The molecule has 0 aliphatic rings. The standard InChI is InChI=1S/C33H35B2S6/c1-11-13(3)22(31(40)29(38)16(11)6)24-26(35)30(39)21(19(9)28(24)37)14(4)18(8)32-23(20(10)34)25-27(36)15(5)12(2)17(7)33(25)41-32/h36-40H,1-10H3/b18-14+. The molecule has 0 aliphatic carbocycles. The van der Waals surface area contributed by atoms with Crippen molar-refractivity contribution in [1.29, 1.82) is 0 Å². The molecule has 0 saturated carbocycles. The third kappa shape index (κ3) is 5.07. The quantitative estimate of drug-likeness (QED) is 0.106. The third-order valence-electron chi connectivity index (χ3n) is 8.93. The summed E-state index contributed by atoms with van der Waals surface area (Å²) in [4.78, 5) is 5.32. The van der Waals surface area contributed by atoms with Gasteiger partial charge in [-0.15, -0.1) is 12.6 Å². The van der Waals surface area contributed by atoms with Crippen LogP contribution < -0.4 is 5.46 Å². The van der Waals surface area contributed by atoms with Crippen molar-refractivity contribution in [3.8, 4) is 11.1 Å². The van der Waals surface area contributed by atoms with Crippen LogP contribution in [0.3, 0.4) is 0 Å². The van der Waals surface area contributed by atoms with Gasteiger partial charge in [-0.1, -0.05) is 0 Å². The minimum absolute atomic E-state index is 0.582. The molecule has 0 saturated heterocycles. The molecule has 0 unspecified atom stereocenters. The van der Waals surface area contributed by atoms with Gasteiger partial charge in [-0.25, -0.2) is 0 Å². The third-order valence-corrected chi connectivity index (χ3v) is 13.1. The van der Waals surface area contributed by atoms with Crippen molar-refractivity contribution in [3.05, 3.63) is 54.9 Å². The van der Waals surface area contributed by atoms with Gasteiger partial charge < -0.3 is 0 Å². The van der Waals surface area contributed by atoms with Crippen LogP contribution in [0.25, 0.3) is 32.4 Å². The first-order valence-corrected chi connectivity index (χ1v) is 16.4. The first kappa shape index (κ1) is 33.0. The van der Waals surface area contributed by atoms with Crippen LogP contribution in [0.1, 0.15) is 75.7 Å². The fraction of sp³-hybridized carbons (Fsp3) is 0.303. The molecule has 0 bridgehead atoms. The molecule has 0 atom stereocenters. The molecule has 0 amide bonds. The summed E-state index contributed by atoms with van der Waals surface area (Å²) >= 11 is 26.5. The molecule has 209 valence electrons. The molecular formula is C33H35B2S6. The van der Waals surface area contributed by atoms with Crippen LogP contribution in [0.4, 0.5) is 0 Å². The molecule has 4 rings (SSSR count). The summed E-state index contributed by atoms with van der Waals surface area (Å²) in [6.45, 7) is 21.1. The van der Waals surface area contributed by atoms with Gasteiger partial charge in [0.1, 0.15) is 0 Å². The minimum atomic E-state index is 0.582. The molecule has 4 aromatic rings. The van der Waals surface area contributed by atoms with E-state index in [4.69, 9.17) is 78.5 Å². The summed E-state index contributed by atoms with van der Waals surface area (Å²) in [6.07, 6.45) is 0. The average molecular weight is 646 g/mol. The van der Waals surface area contributed by atoms with Crippen molar-refractivity contribution in [2.75, 3.05) is 0 Å². The monoisotopic (exact) mass is 645 g/mol. The Hall–Kier alpha value is -0.890. The zero-order chi connectivity index (χ0) is 31.0. The van der Waals surface area contributed by atoms with E-state index < -0.39 is 0 Å². The second-order valence-electron chi connectivity index (χ2n) is 11.1. The normalized spacial score (nSPS) is 12.3. The maximum atomic E-state index is 6.91. The topological polar surface area (TPSA) is 0 Å². The number of allylic oxidation sites excluding steroid dienone is 2. The first-order chi connectivity index (χ1) is 19.0. The SMILES string of the molecule is [B]c1c(S)c(/C(C)=C(\C)c2sc3c(C)c(C)c(C)c(S)c3c2C(=[B])C)c(C)c(S)c1-c1c(C)c(C)c(C)c(S)c1S. The molecule has 0 aliphatic heterocycles. The number of thiophene rings is 1. The van der Waals surface area contributed by atoms with Gasteiger partial charge in [0.2, 0.25) is 0 Å². The Morgan fingerprint density at radius 1 is 0.537 bits per heavy atom. The Balaban J connectivity index is 2.08. The van der Waals surface area contributed by atoms with Crippen LogP contribution in [0, 0.1) is 48.5 Å². The van der Waals surface area contributed by atoms with Gasteiger partial charge >= 0.3 is 250 Å². The van der Waals surface area contributed by atoms with Gasteiger partial charge in [0.25, 0.3) is 0 Å². The summed E-state index contributed by atoms with van der Waals surface area (Å²) in [5.74, 6) is 0. The molecule has 3 radical (unpaired) electrons. The average Bonchev–Trinajstić information content (AvgIpc) is 3.34. The number of benzene rings is 3. The fourth-order valence-electron chi connectivity index (χ4n) is 5.74. The molecule has 1 aromatic heterocycles. The van der Waals surface area contributed by atoms with Gasteiger partial charge in [0.15, 0.2) is 0 Å². The summed E-state index contributed by atoms with van der Waals surface area (Å²) in [7, 11) is 13.5. The maximum absolute atomic E-state index is 6.91. The van der Waals surface area contributed by atoms with Crippen molar-refractivity contribution < 1.29 is 0 Å². The molecular weight excluding hydrogens is 610 g/mol. The molecule has 3 aromatic carbocycles. The Bertz CT molecular complexity index is 1800. The predicted octanol–water partition coefficient (Wildman–Crippen LogP) is 9.62.